The molecule has 24 heavy (non-hydrogen) atoms. The van der Waals surface area contributed by atoms with Gasteiger partial charge < -0.3 is 15.8 Å². The van der Waals surface area contributed by atoms with Crippen molar-refractivity contribution in [2.24, 2.45) is 5.92 Å². The molecular weight excluding hydrogens is 304 g/mol. The number of amides is 1. The van der Waals surface area contributed by atoms with Gasteiger partial charge in [-0.15, -0.1) is 0 Å². The summed E-state index contributed by atoms with van der Waals surface area (Å²) in [6.45, 7) is 4.66. The van der Waals surface area contributed by atoms with Crippen molar-refractivity contribution in [2.75, 3.05) is 17.7 Å². The van der Waals surface area contributed by atoms with Crippen molar-refractivity contribution in [3.8, 4) is 11.1 Å². The van der Waals surface area contributed by atoms with Crippen LogP contribution in [-0.4, -0.2) is 28.1 Å². The number of carbonyl (C=O) groups excluding carboxylic acids is 1. The van der Waals surface area contributed by atoms with Crippen molar-refractivity contribution in [3.05, 3.63) is 36.7 Å². The van der Waals surface area contributed by atoms with Gasteiger partial charge in [-0.2, -0.15) is 0 Å². The molecule has 1 aromatic carbocycles. The molecule has 0 spiro atoms. The van der Waals surface area contributed by atoms with Crippen LogP contribution in [0.1, 0.15) is 26.7 Å². The Morgan fingerprint density at radius 3 is 2.75 bits per heavy atom. The Kier molecular flexibility index (Phi) is 4.49. The second-order valence-electron chi connectivity index (χ2n) is 6.70. The van der Waals surface area contributed by atoms with Gasteiger partial charge in [-0.05, 0) is 44.4 Å². The van der Waals surface area contributed by atoms with Crippen LogP contribution in [0.25, 0.3) is 11.1 Å². The van der Waals surface area contributed by atoms with Gasteiger partial charge in [0.15, 0.2) is 0 Å². The van der Waals surface area contributed by atoms with E-state index in [4.69, 9.17) is 10.5 Å². The third-order valence-corrected chi connectivity index (χ3v) is 4.20. The van der Waals surface area contributed by atoms with Gasteiger partial charge in [0.1, 0.15) is 0 Å². The monoisotopic (exact) mass is 326 g/mol. The lowest BCUT2D eigenvalue weighted by molar-refractivity contribution is -0.130. The van der Waals surface area contributed by atoms with E-state index < -0.39 is 0 Å². The topological polar surface area (TPSA) is 90.1 Å². The molecule has 2 heterocycles. The Balaban J connectivity index is 1.72. The van der Waals surface area contributed by atoms with Crippen LogP contribution in [0.2, 0.25) is 0 Å². The molecule has 0 aliphatic carbocycles. The SMILES string of the molecule is CC1(C)CC(C(=O)Nc2cccc(-c3cnc(N)nc3)c2)CCO1. The molecule has 1 aromatic heterocycles. The molecule has 1 unspecified atom stereocenters. The minimum absolute atomic E-state index is 0.0303. The molecule has 126 valence electrons. The van der Waals surface area contributed by atoms with E-state index in [9.17, 15) is 4.79 Å². The maximum absolute atomic E-state index is 12.5. The van der Waals surface area contributed by atoms with Crippen LogP contribution in [0, 0.1) is 5.92 Å². The number of carbonyl (C=O) groups is 1. The van der Waals surface area contributed by atoms with Crippen LogP contribution in [0.5, 0.6) is 0 Å². The predicted octanol–water partition coefficient (Wildman–Crippen LogP) is 2.87. The van der Waals surface area contributed by atoms with Gasteiger partial charge in [-0.25, -0.2) is 9.97 Å². The second-order valence-corrected chi connectivity index (χ2v) is 6.70. The van der Waals surface area contributed by atoms with E-state index in [-0.39, 0.29) is 23.4 Å². The van der Waals surface area contributed by atoms with Crippen LogP contribution in [0.4, 0.5) is 11.6 Å². The highest BCUT2D eigenvalue weighted by Crippen LogP contribution is 2.30. The summed E-state index contributed by atoms with van der Waals surface area (Å²) >= 11 is 0. The fraction of sp³-hybridized carbons (Fsp3) is 0.389. The number of rotatable bonds is 3. The predicted molar refractivity (Wildman–Crippen MR) is 93.3 cm³/mol. The number of nitrogens with two attached hydrogens (primary N) is 1. The minimum atomic E-state index is -0.247. The average molecular weight is 326 g/mol. The zero-order chi connectivity index (χ0) is 17.2. The molecule has 1 aliphatic heterocycles. The number of hydrogen-bond acceptors (Lipinski definition) is 5. The average Bonchev–Trinajstić information content (AvgIpc) is 2.55. The number of nitrogen functional groups attached to an aromatic ring is 1. The van der Waals surface area contributed by atoms with Crippen molar-refractivity contribution in [2.45, 2.75) is 32.3 Å². The maximum atomic E-state index is 12.5. The van der Waals surface area contributed by atoms with Gasteiger partial charge >= 0.3 is 0 Å². The summed E-state index contributed by atoms with van der Waals surface area (Å²) in [5.41, 5.74) is 7.82. The quantitative estimate of drug-likeness (QED) is 0.905. The van der Waals surface area contributed by atoms with Crippen molar-refractivity contribution in [3.63, 3.8) is 0 Å². The maximum Gasteiger partial charge on any atom is 0.227 e. The fourth-order valence-electron chi connectivity index (χ4n) is 2.96. The zero-order valence-corrected chi connectivity index (χ0v) is 14.0. The van der Waals surface area contributed by atoms with E-state index in [2.05, 4.69) is 15.3 Å². The van der Waals surface area contributed by atoms with Gasteiger partial charge in [0, 0.05) is 36.2 Å². The first-order chi connectivity index (χ1) is 11.4. The van der Waals surface area contributed by atoms with E-state index >= 15 is 0 Å². The molecule has 1 aliphatic rings. The van der Waals surface area contributed by atoms with E-state index in [0.29, 0.717) is 6.61 Å². The normalized spacial score (nSPS) is 19.7. The summed E-state index contributed by atoms with van der Waals surface area (Å²) in [4.78, 5) is 20.5. The molecule has 0 saturated carbocycles. The van der Waals surface area contributed by atoms with E-state index in [1.807, 2.05) is 38.1 Å². The zero-order valence-electron chi connectivity index (χ0n) is 14.0. The molecule has 0 bridgehead atoms. The molecule has 1 fully saturated rings. The third-order valence-electron chi connectivity index (χ3n) is 4.20. The third kappa shape index (κ3) is 3.89. The number of benzene rings is 1. The molecule has 2 aromatic rings. The lowest BCUT2D eigenvalue weighted by atomic mass is 9.88. The second kappa shape index (κ2) is 6.57. The van der Waals surface area contributed by atoms with Crippen molar-refractivity contribution in [1.82, 2.24) is 9.97 Å². The van der Waals surface area contributed by atoms with Gasteiger partial charge in [0.25, 0.3) is 0 Å². The highest BCUT2D eigenvalue weighted by atomic mass is 16.5. The molecule has 3 rings (SSSR count). The Hall–Kier alpha value is -2.47. The lowest BCUT2D eigenvalue weighted by Crippen LogP contribution is -2.39. The molecule has 1 atom stereocenters. The Bertz CT molecular complexity index is 728. The van der Waals surface area contributed by atoms with Crippen LogP contribution in [-0.2, 0) is 9.53 Å². The first-order valence-corrected chi connectivity index (χ1v) is 8.06. The van der Waals surface area contributed by atoms with Crippen molar-refractivity contribution >= 4 is 17.5 Å². The summed E-state index contributed by atoms with van der Waals surface area (Å²) in [5, 5.41) is 3.01. The standard InChI is InChI=1S/C18H22N4O2/c1-18(2)9-13(6-7-24-18)16(23)22-15-5-3-4-12(8-15)14-10-20-17(19)21-11-14/h3-5,8,10-11,13H,6-7,9H2,1-2H3,(H,22,23)(H2,19,20,21). The highest BCUT2D eigenvalue weighted by molar-refractivity contribution is 5.93. The summed E-state index contributed by atoms with van der Waals surface area (Å²) in [7, 11) is 0. The van der Waals surface area contributed by atoms with E-state index in [1.165, 1.54) is 0 Å². The summed E-state index contributed by atoms with van der Waals surface area (Å²) in [6.07, 6.45) is 4.82. The molecule has 0 radical (unpaired) electrons. The number of nitrogens with zero attached hydrogens (tertiary/aromatic N) is 2. The molecule has 6 heteroatoms. The van der Waals surface area contributed by atoms with Gasteiger partial charge in [-0.1, -0.05) is 12.1 Å². The smallest absolute Gasteiger partial charge is 0.227 e. The Labute approximate surface area is 141 Å². The van der Waals surface area contributed by atoms with E-state index in [1.54, 1.807) is 12.4 Å². The van der Waals surface area contributed by atoms with Crippen LogP contribution < -0.4 is 11.1 Å². The molecule has 3 N–H and O–H groups in total. The number of nitrogens with one attached hydrogen (secondary N) is 1. The van der Waals surface area contributed by atoms with Crippen molar-refractivity contribution in [1.29, 1.82) is 0 Å². The molecule has 1 amide bonds. The van der Waals surface area contributed by atoms with E-state index in [0.717, 1.165) is 29.7 Å². The lowest BCUT2D eigenvalue weighted by Gasteiger charge is -2.34. The van der Waals surface area contributed by atoms with Gasteiger partial charge in [-0.3, -0.25) is 4.79 Å². The minimum Gasteiger partial charge on any atom is -0.376 e. The summed E-state index contributed by atoms with van der Waals surface area (Å²) in [5.74, 6) is 0.250. The van der Waals surface area contributed by atoms with Crippen LogP contribution >= 0.6 is 0 Å². The Morgan fingerprint density at radius 1 is 1.29 bits per heavy atom. The van der Waals surface area contributed by atoms with Crippen LogP contribution in [0.3, 0.4) is 0 Å². The number of aromatic nitrogens is 2. The largest absolute Gasteiger partial charge is 0.376 e. The van der Waals surface area contributed by atoms with Gasteiger partial charge in [0.05, 0.1) is 5.60 Å². The summed E-state index contributed by atoms with van der Waals surface area (Å²) < 4.78 is 5.68. The number of anilines is 2. The molecule has 6 nitrogen and oxygen atoms in total. The highest BCUT2D eigenvalue weighted by Gasteiger charge is 2.32. The van der Waals surface area contributed by atoms with Crippen molar-refractivity contribution < 1.29 is 9.53 Å². The number of hydrogen-bond donors (Lipinski definition) is 2. The van der Waals surface area contributed by atoms with Gasteiger partial charge in [0.2, 0.25) is 11.9 Å². The fourth-order valence-corrected chi connectivity index (χ4v) is 2.96. The number of ether oxygens (including phenoxy) is 1. The summed E-state index contributed by atoms with van der Waals surface area (Å²) in [6, 6.07) is 7.64. The molecule has 1 saturated heterocycles. The Morgan fingerprint density at radius 2 is 2.04 bits per heavy atom. The molecular formula is C18H22N4O2. The first-order valence-electron chi connectivity index (χ1n) is 8.06. The van der Waals surface area contributed by atoms with Crippen LogP contribution in [0.15, 0.2) is 36.7 Å². The first kappa shape index (κ1) is 16.4.